The molecule has 0 bridgehead atoms. The third-order valence-electron chi connectivity index (χ3n) is 7.47. The second-order valence-corrected chi connectivity index (χ2v) is 10.9. The summed E-state index contributed by atoms with van der Waals surface area (Å²) in [5, 5.41) is 6.55. The molecule has 10 nitrogen and oxygen atoms in total. The molecule has 0 unspecified atom stereocenters. The van der Waals surface area contributed by atoms with E-state index in [4.69, 9.17) is 31.1 Å². The summed E-state index contributed by atoms with van der Waals surface area (Å²) in [6.07, 6.45) is 4.26. The van der Waals surface area contributed by atoms with E-state index in [9.17, 15) is 9.59 Å². The second kappa shape index (κ2) is 14.8. The van der Waals surface area contributed by atoms with Gasteiger partial charge in [0.2, 0.25) is 5.95 Å². The molecular weight excluding hydrogens is 613 g/mol. The van der Waals surface area contributed by atoms with Crippen molar-refractivity contribution >= 4 is 40.8 Å². The van der Waals surface area contributed by atoms with Crippen molar-refractivity contribution in [3.8, 4) is 22.8 Å². The summed E-state index contributed by atoms with van der Waals surface area (Å²) < 4.78 is 30.8. The molecule has 2 heterocycles. The highest BCUT2D eigenvalue weighted by Gasteiger charge is 2.25. The van der Waals surface area contributed by atoms with Gasteiger partial charge in [0.15, 0.2) is 0 Å². The number of carbonyl (C=O) groups is 2. The largest absolute Gasteiger partial charge is 0.496 e. The quantitative estimate of drug-likeness (QED) is 0.132. The lowest BCUT2D eigenvalue weighted by Gasteiger charge is -2.15. The van der Waals surface area contributed by atoms with Gasteiger partial charge in [0.1, 0.15) is 17.3 Å². The number of amides is 1. The maximum Gasteiger partial charge on any atom is 0.305 e. The first-order valence-corrected chi connectivity index (χ1v) is 15.0. The third-order valence-corrected chi connectivity index (χ3v) is 7.70. The topological polar surface area (TPSA) is 124 Å². The number of hydrogen-bond donors (Lipinski definition) is 2. The fourth-order valence-corrected chi connectivity index (χ4v) is 5.33. The number of fused-ring (bicyclic) bond motifs is 3. The van der Waals surface area contributed by atoms with Crippen LogP contribution in [-0.2, 0) is 16.1 Å². The SMILES string of the molecule is COC(=O)CCCCCNC(=O)c1ccc(Nc2ncc3c(n2)-c2ccc(Cl)cc2C(c2c(F)cccc2OC)=NC3)cc1OC. The molecular formula is C34H33ClFN5O5. The highest BCUT2D eigenvalue weighted by molar-refractivity contribution is 6.31. The Morgan fingerprint density at radius 2 is 1.78 bits per heavy atom. The van der Waals surface area contributed by atoms with E-state index in [0.29, 0.717) is 75.6 Å². The van der Waals surface area contributed by atoms with Crippen LogP contribution in [0.5, 0.6) is 11.5 Å². The molecule has 1 aliphatic rings. The van der Waals surface area contributed by atoms with E-state index >= 15 is 4.39 Å². The van der Waals surface area contributed by atoms with Crippen LogP contribution < -0.4 is 20.1 Å². The van der Waals surface area contributed by atoms with Crippen LogP contribution in [0.1, 0.15) is 52.7 Å². The van der Waals surface area contributed by atoms with Crippen LogP contribution >= 0.6 is 11.6 Å². The van der Waals surface area contributed by atoms with Crippen LogP contribution in [0.3, 0.4) is 0 Å². The fourth-order valence-electron chi connectivity index (χ4n) is 5.16. The van der Waals surface area contributed by atoms with Gasteiger partial charge in [0.25, 0.3) is 5.91 Å². The van der Waals surface area contributed by atoms with Crippen molar-refractivity contribution < 1.29 is 28.2 Å². The van der Waals surface area contributed by atoms with Crippen LogP contribution in [-0.4, -0.2) is 55.4 Å². The van der Waals surface area contributed by atoms with Crippen molar-refractivity contribution in [3.63, 3.8) is 0 Å². The number of benzene rings is 3. The van der Waals surface area contributed by atoms with Crippen molar-refractivity contribution in [2.45, 2.75) is 32.2 Å². The maximum atomic E-state index is 15.2. The number of halogens is 2. The van der Waals surface area contributed by atoms with Crippen LogP contribution in [0.4, 0.5) is 16.0 Å². The van der Waals surface area contributed by atoms with Gasteiger partial charge in [-0.25, -0.2) is 14.4 Å². The van der Waals surface area contributed by atoms with E-state index in [2.05, 4.69) is 20.4 Å². The molecule has 12 heteroatoms. The number of unbranched alkanes of at least 4 members (excludes halogenated alkanes) is 2. The van der Waals surface area contributed by atoms with Gasteiger partial charge in [0.05, 0.1) is 50.4 Å². The lowest BCUT2D eigenvalue weighted by molar-refractivity contribution is -0.140. The average Bonchev–Trinajstić information content (AvgIpc) is 3.21. The summed E-state index contributed by atoms with van der Waals surface area (Å²) in [7, 11) is 4.34. The van der Waals surface area contributed by atoms with Gasteiger partial charge in [-0.2, -0.15) is 0 Å². The molecule has 3 aromatic carbocycles. The molecule has 5 rings (SSSR count). The predicted molar refractivity (Wildman–Crippen MR) is 174 cm³/mol. The van der Waals surface area contributed by atoms with Crippen LogP contribution in [0, 0.1) is 5.82 Å². The minimum atomic E-state index is -0.467. The summed E-state index contributed by atoms with van der Waals surface area (Å²) in [5.41, 5.74) is 4.31. The Hall–Kier alpha value is -5.03. The Balaban J connectivity index is 1.35. The van der Waals surface area contributed by atoms with Crippen LogP contribution in [0.2, 0.25) is 5.02 Å². The number of anilines is 2. The molecule has 0 saturated heterocycles. The lowest BCUT2D eigenvalue weighted by Crippen LogP contribution is -2.25. The molecule has 1 aromatic heterocycles. The number of ether oxygens (including phenoxy) is 3. The Labute approximate surface area is 271 Å². The minimum absolute atomic E-state index is 0.206. The Morgan fingerprint density at radius 1 is 0.957 bits per heavy atom. The average molecular weight is 646 g/mol. The number of esters is 1. The summed E-state index contributed by atoms with van der Waals surface area (Å²) >= 11 is 6.41. The number of aromatic nitrogens is 2. The summed E-state index contributed by atoms with van der Waals surface area (Å²) in [6, 6.07) is 15.0. The normalized spacial score (nSPS) is 11.8. The van der Waals surface area contributed by atoms with Crippen molar-refractivity contribution in [1.82, 2.24) is 15.3 Å². The standard InChI is InChI=1S/C34H33ClFN5O5/c1-44-27-9-7-8-26(36)30(27)32-25-16-21(35)11-13-23(25)31-20(18-38-32)19-39-34(41-31)40-22-12-14-24(28(17-22)45-2)33(43)37-15-6-4-5-10-29(42)46-3/h7-9,11-14,16-17,19H,4-6,10,15,18H2,1-3H3,(H,37,43)(H,39,40,41). The smallest absolute Gasteiger partial charge is 0.305 e. The van der Waals surface area contributed by atoms with E-state index in [1.165, 1.54) is 27.4 Å². The number of aliphatic imine (C=N–C) groups is 1. The summed E-state index contributed by atoms with van der Waals surface area (Å²) in [6.45, 7) is 0.672. The van der Waals surface area contributed by atoms with E-state index in [0.717, 1.165) is 18.4 Å². The first-order valence-electron chi connectivity index (χ1n) is 14.7. The number of nitrogens with one attached hydrogen (secondary N) is 2. The number of nitrogens with zero attached hydrogens (tertiary/aromatic N) is 3. The monoisotopic (exact) mass is 645 g/mol. The molecule has 0 saturated carbocycles. The summed E-state index contributed by atoms with van der Waals surface area (Å²) in [4.78, 5) is 38.2. The van der Waals surface area contributed by atoms with Gasteiger partial charge in [-0.3, -0.25) is 14.6 Å². The van der Waals surface area contributed by atoms with E-state index < -0.39 is 5.82 Å². The zero-order valence-corrected chi connectivity index (χ0v) is 26.4. The number of carbonyl (C=O) groups excluding carboxylic acids is 2. The van der Waals surface area contributed by atoms with Gasteiger partial charge >= 0.3 is 5.97 Å². The molecule has 238 valence electrons. The molecule has 2 N–H and O–H groups in total. The second-order valence-electron chi connectivity index (χ2n) is 10.4. The van der Waals surface area contributed by atoms with Gasteiger partial charge in [-0.05, 0) is 49.2 Å². The molecule has 1 aliphatic heterocycles. The Kier molecular flexibility index (Phi) is 10.4. The predicted octanol–water partition coefficient (Wildman–Crippen LogP) is 6.51. The number of methoxy groups -OCH3 is 3. The van der Waals surface area contributed by atoms with Crippen molar-refractivity contribution in [3.05, 3.63) is 93.9 Å². The zero-order chi connectivity index (χ0) is 32.6. The van der Waals surface area contributed by atoms with Crippen molar-refractivity contribution in [2.75, 3.05) is 33.2 Å². The van der Waals surface area contributed by atoms with E-state index in [-0.39, 0.29) is 24.0 Å². The third kappa shape index (κ3) is 7.26. The molecule has 1 amide bonds. The van der Waals surface area contributed by atoms with Crippen LogP contribution in [0.25, 0.3) is 11.3 Å². The first kappa shape index (κ1) is 32.4. The van der Waals surface area contributed by atoms with Gasteiger partial charge in [-0.1, -0.05) is 30.2 Å². The first-order chi connectivity index (χ1) is 22.3. The molecule has 0 aliphatic carbocycles. The number of hydrogen-bond acceptors (Lipinski definition) is 9. The minimum Gasteiger partial charge on any atom is -0.496 e. The van der Waals surface area contributed by atoms with E-state index in [1.807, 2.05) is 6.07 Å². The molecule has 0 radical (unpaired) electrons. The molecule has 0 fully saturated rings. The highest BCUT2D eigenvalue weighted by Crippen LogP contribution is 2.36. The maximum absolute atomic E-state index is 15.2. The fraction of sp³-hybridized carbons (Fsp3) is 0.265. The molecule has 4 aromatic rings. The molecule has 0 spiro atoms. The number of rotatable bonds is 12. The lowest BCUT2D eigenvalue weighted by atomic mass is 9.94. The molecule has 46 heavy (non-hydrogen) atoms. The van der Waals surface area contributed by atoms with Crippen LogP contribution in [0.15, 0.2) is 65.8 Å². The Morgan fingerprint density at radius 3 is 2.57 bits per heavy atom. The van der Waals surface area contributed by atoms with Gasteiger partial charge in [0, 0.05) is 52.6 Å². The molecule has 0 atom stereocenters. The highest BCUT2D eigenvalue weighted by atomic mass is 35.5. The Bertz CT molecular complexity index is 1800. The van der Waals surface area contributed by atoms with Gasteiger partial charge in [-0.15, -0.1) is 0 Å². The van der Waals surface area contributed by atoms with Crippen molar-refractivity contribution in [2.24, 2.45) is 4.99 Å². The van der Waals surface area contributed by atoms with Gasteiger partial charge < -0.3 is 24.8 Å². The van der Waals surface area contributed by atoms with E-state index in [1.54, 1.807) is 48.7 Å². The zero-order valence-electron chi connectivity index (χ0n) is 25.7. The van der Waals surface area contributed by atoms with Crippen molar-refractivity contribution in [1.29, 1.82) is 0 Å². The summed E-state index contributed by atoms with van der Waals surface area (Å²) in [5.74, 6) is 0.0566.